The smallest absolute Gasteiger partial charge is 0.220 e. The van der Waals surface area contributed by atoms with Crippen LogP contribution in [0.5, 0.6) is 5.75 Å². The van der Waals surface area contributed by atoms with Crippen molar-refractivity contribution in [2.75, 3.05) is 12.3 Å². The van der Waals surface area contributed by atoms with Gasteiger partial charge in [0.2, 0.25) is 5.95 Å². The third kappa shape index (κ3) is 5.42. The van der Waals surface area contributed by atoms with Crippen LogP contribution in [-0.2, 0) is 0 Å². The second kappa shape index (κ2) is 10.0. The number of hydrogen-bond acceptors (Lipinski definition) is 5. The number of aliphatic hydroxyl groups is 1. The van der Waals surface area contributed by atoms with E-state index in [0.717, 1.165) is 53.6 Å². The zero-order chi connectivity index (χ0) is 19.8. The van der Waals surface area contributed by atoms with E-state index in [4.69, 9.17) is 15.6 Å². The Hall–Kier alpha value is -2.66. The Bertz CT molecular complexity index is 875. The fourth-order valence-electron chi connectivity index (χ4n) is 3.33. The topological polar surface area (TPSA) is 81.3 Å². The summed E-state index contributed by atoms with van der Waals surface area (Å²) < 4.78 is 5.61. The van der Waals surface area contributed by atoms with Gasteiger partial charge in [0.15, 0.2) is 0 Å². The molecule has 0 unspecified atom stereocenters. The van der Waals surface area contributed by atoms with Crippen LogP contribution in [0.1, 0.15) is 45.4 Å². The number of aliphatic hydroxyl groups excluding tert-OH is 1. The number of fused-ring (bicyclic) bond motifs is 1. The van der Waals surface area contributed by atoms with E-state index in [-0.39, 0.29) is 12.1 Å². The van der Waals surface area contributed by atoms with Gasteiger partial charge in [-0.15, -0.1) is 0 Å². The molecular weight excluding hydrogens is 350 g/mol. The van der Waals surface area contributed by atoms with E-state index in [2.05, 4.69) is 16.9 Å². The van der Waals surface area contributed by atoms with Crippen LogP contribution in [0.2, 0.25) is 0 Å². The number of ether oxygens (including phenoxy) is 1. The molecule has 148 valence electrons. The predicted molar refractivity (Wildman–Crippen MR) is 114 cm³/mol. The average molecular weight is 380 g/mol. The summed E-state index contributed by atoms with van der Waals surface area (Å²) in [5.41, 5.74) is 8.71. The van der Waals surface area contributed by atoms with Gasteiger partial charge in [-0.2, -0.15) is 0 Å². The normalized spacial score (nSPS) is 14.4. The van der Waals surface area contributed by atoms with Gasteiger partial charge in [-0.05, 0) is 37.0 Å². The highest BCUT2D eigenvalue weighted by Gasteiger charge is 2.08. The van der Waals surface area contributed by atoms with Crippen LogP contribution in [0.4, 0.5) is 5.95 Å². The van der Waals surface area contributed by atoms with Crippen molar-refractivity contribution in [2.45, 2.75) is 51.6 Å². The fourth-order valence-corrected chi connectivity index (χ4v) is 3.33. The van der Waals surface area contributed by atoms with Gasteiger partial charge >= 0.3 is 0 Å². The van der Waals surface area contributed by atoms with Crippen LogP contribution in [0, 0.1) is 0 Å². The van der Waals surface area contributed by atoms with E-state index >= 15 is 0 Å². The molecule has 1 aliphatic rings. The lowest BCUT2D eigenvalue weighted by molar-refractivity contribution is 0.130. The number of nitrogens with zero attached hydrogens (tertiary/aromatic N) is 2. The molecule has 0 aliphatic heterocycles. The molecule has 3 N–H and O–H groups in total. The molecule has 1 aliphatic carbocycles. The lowest BCUT2D eigenvalue weighted by atomic mass is 9.98. The quantitative estimate of drug-likeness (QED) is 0.668. The summed E-state index contributed by atoms with van der Waals surface area (Å²) in [6.45, 7) is 2.83. The number of anilines is 1. The van der Waals surface area contributed by atoms with Crippen molar-refractivity contribution in [1.29, 1.82) is 0 Å². The van der Waals surface area contributed by atoms with E-state index in [9.17, 15) is 0 Å². The van der Waals surface area contributed by atoms with Crippen molar-refractivity contribution in [3.63, 3.8) is 0 Å². The van der Waals surface area contributed by atoms with Gasteiger partial charge in [0.1, 0.15) is 5.75 Å². The molecule has 1 aromatic heterocycles. The van der Waals surface area contributed by atoms with E-state index in [0.29, 0.717) is 0 Å². The Morgan fingerprint density at radius 2 is 1.82 bits per heavy atom. The number of benzene rings is 2. The second-order valence-electron chi connectivity index (χ2n) is 7.14. The summed E-state index contributed by atoms with van der Waals surface area (Å²) in [4.78, 5) is 8.40. The Balaban J connectivity index is 0.000000271. The predicted octanol–water partition coefficient (Wildman–Crippen LogP) is 4.98. The number of hydrogen-bond donors (Lipinski definition) is 2. The molecule has 5 nitrogen and oxygen atoms in total. The molecule has 0 amide bonds. The first-order valence-electron chi connectivity index (χ1n) is 10.1. The zero-order valence-corrected chi connectivity index (χ0v) is 16.5. The zero-order valence-electron chi connectivity index (χ0n) is 16.5. The number of rotatable bonds is 4. The van der Waals surface area contributed by atoms with Gasteiger partial charge in [0.25, 0.3) is 0 Å². The second-order valence-corrected chi connectivity index (χ2v) is 7.14. The third-order valence-corrected chi connectivity index (χ3v) is 4.84. The summed E-state index contributed by atoms with van der Waals surface area (Å²) in [7, 11) is 0. The van der Waals surface area contributed by atoms with Crippen molar-refractivity contribution in [3.8, 4) is 16.9 Å². The number of aromatic nitrogens is 2. The highest BCUT2D eigenvalue weighted by molar-refractivity contribution is 5.93. The number of nitrogen functional groups attached to an aromatic ring is 1. The van der Waals surface area contributed by atoms with Crippen LogP contribution >= 0.6 is 0 Å². The molecule has 4 rings (SSSR count). The molecule has 0 saturated heterocycles. The molecule has 1 fully saturated rings. The van der Waals surface area contributed by atoms with Crippen molar-refractivity contribution < 1.29 is 9.84 Å². The average Bonchev–Trinajstić information content (AvgIpc) is 2.73. The van der Waals surface area contributed by atoms with Gasteiger partial charge in [0, 0.05) is 17.1 Å². The molecule has 0 radical (unpaired) electrons. The molecule has 1 heterocycles. The molecule has 0 bridgehead atoms. The molecule has 2 aromatic carbocycles. The van der Waals surface area contributed by atoms with Crippen LogP contribution in [-0.4, -0.2) is 27.8 Å². The van der Waals surface area contributed by atoms with E-state index < -0.39 is 0 Å². The van der Waals surface area contributed by atoms with Gasteiger partial charge in [-0.1, -0.05) is 56.5 Å². The standard InChI is InChI=1S/C17H17N3O.C6H12O/c1-2-10-21-14-8-6-12(7-9-14)15-5-3-4-13-11-19-17(18)20-16(13)15;7-6-4-2-1-3-5-6/h3-9,11H,2,10H2,1H3,(H2,18,19,20);6-7H,1-5H2. The van der Waals surface area contributed by atoms with Crippen LogP contribution < -0.4 is 10.5 Å². The van der Waals surface area contributed by atoms with Crippen LogP contribution in [0.15, 0.2) is 48.7 Å². The Kier molecular flexibility index (Phi) is 7.20. The van der Waals surface area contributed by atoms with Gasteiger partial charge in [-0.3, -0.25) is 0 Å². The molecular formula is C23H29N3O2. The maximum atomic E-state index is 8.91. The lowest BCUT2D eigenvalue weighted by Gasteiger charge is -2.14. The van der Waals surface area contributed by atoms with E-state index in [1.807, 2.05) is 42.5 Å². The van der Waals surface area contributed by atoms with Crippen molar-refractivity contribution in [2.24, 2.45) is 0 Å². The van der Waals surface area contributed by atoms with Gasteiger partial charge in [-0.25, -0.2) is 9.97 Å². The number of para-hydroxylation sites is 1. The van der Waals surface area contributed by atoms with Crippen LogP contribution in [0.3, 0.4) is 0 Å². The first-order chi connectivity index (χ1) is 13.7. The fraction of sp³-hybridized carbons (Fsp3) is 0.391. The molecule has 5 heteroatoms. The largest absolute Gasteiger partial charge is 0.494 e. The summed E-state index contributed by atoms with van der Waals surface area (Å²) in [5.74, 6) is 1.17. The Morgan fingerprint density at radius 1 is 1.07 bits per heavy atom. The highest BCUT2D eigenvalue weighted by Crippen LogP contribution is 2.28. The van der Waals surface area contributed by atoms with Crippen molar-refractivity contribution in [3.05, 3.63) is 48.7 Å². The third-order valence-electron chi connectivity index (χ3n) is 4.84. The monoisotopic (exact) mass is 379 g/mol. The van der Waals surface area contributed by atoms with Crippen molar-refractivity contribution in [1.82, 2.24) is 9.97 Å². The van der Waals surface area contributed by atoms with Gasteiger partial charge in [0.05, 0.1) is 18.2 Å². The molecule has 0 atom stereocenters. The Morgan fingerprint density at radius 3 is 2.46 bits per heavy atom. The highest BCUT2D eigenvalue weighted by atomic mass is 16.5. The molecule has 1 saturated carbocycles. The minimum atomic E-state index is 0.0359. The first kappa shape index (κ1) is 20.1. The minimum absolute atomic E-state index is 0.0359. The maximum Gasteiger partial charge on any atom is 0.220 e. The minimum Gasteiger partial charge on any atom is -0.494 e. The number of nitrogens with two attached hydrogens (primary N) is 1. The van der Waals surface area contributed by atoms with E-state index in [1.165, 1.54) is 19.3 Å². The molecule has 28 heavy (non-hydrogen) atoms. The van der Waals surface area contributed by atoms with Crippen LogP contribution in [0.25, 0.3) is 22.0 Å². The summed E-state index contributed by atoms with van der Waals surface area (Å²) in [6.07, 6.45) is 8.68. The SMILES string of the molecule is CCCOc1ccc(-c2cccc3cnc(N)nc23)cc1.OC1CCCCC1. The maximum absolute atomic E-state index is 8.91. The molecule has 3 aromatic rings. The Labute approximate surface area is 166 Å². The van der Waals surface area contributed by atoms with Gasteiger partial charge < -0.3 is 15.6 Å². The molecule has 0 spiro atoms. The summed E-state index contributed by atoms with van der Waals surface area (Å²) in [5, 5.41) is 9.89. The lowest BCUT2D eigenvalue weighted by Crippen LogP contribution is -2.09. The summed E-state index contributed by atoms with van der Waals surface area (Å²) in [6, 6.07) is 14.1. The van der Waals surface area contributed by atoms with E-state index in [1.54, 1.807) is 6.20 Å². The first-order valence-corrected chi connectivity index (χ1v) is 10.1. The van der Waals surface area contributed by atoms with Crippen molar-refractivity contribution >= 4 is 16.9 Å². The summed E-state index contributed by atoms with van der Waals surface area (Å²) >= 11 is 0.